The summed E-state index contributed by atoms with van der Waals surface area (Å²) in [7, 11) is 0. The standard InChI is InChI=1S/C16H16BrF2N/c17-14-5-2-1-4-12(14)8-11(10-20)9-13-15(18)6-3-7-16(13)19/h1-7,11H,8-10,20H2. The summed E-state index contributed by atoms with van der Waals surface area (Å²) in [6.07, 6.45) is 0.988. The van der Waals surface area contributed by atoms with Crippen molar-refractivity contribution in [3.05, 3.63) is 69.7 Å². The van der Waals surface area contributed by atoms with Gasteiger partial charge in [-0.1, -0.05) is 40.2 Å². The lowest BCUT2D eigenvalue weighted by Gasteiger charge is -2.16. The molecule has 0 saturated heterocycles. The largest absolute Gasteiger partial charge is 0.330 e. The highest BCUT2D eigenvalue weighted by Gasteiger charge is 2.16. The molecule has 0 aliphatic heterocycles. The Morgan fingerprint density at radius 1 is 0.950 bits per heavy atom. The van der Waals surface area contributed by atoms with Gasteiger partial charge in [0.15, 0.2) is 0 Å². The van der Waals surface area contributed by atoms with Gasteiger partial charge in [-0.05, 0) is 49.1 Å². The Bertz CT molecular complexity index is 566. The van der Waals surface area contributed by atoms with Gasteiger partial charge in [0, 0.05) is 10.0 Å². The molecule has 0 spiro atoms. The maximum absolute atomic E-state index is 13.7. The van der Waals surface area contributed by atoms with Gasteiger partial charge in [-0.15, -0.1) is 0 Å². The Kier molecular flexibility index (Phi) is 5.26. The summed E-state index contributed by atoms with van der Waals surface area (Å²) in [5.41, 5.74) is 6.98. The van der Waals surface area contributed by atoms with E-state index < -0.39 is 11.6 Å². The summed E-state index contributed by atoms with van der Waals surface area (Å²) in [4.78, 5) is 0. The SMILES string of the molecule is NCC(Cc1ccccc1Br)Cc1c(F)cccc1F. The van der Waals surface area contributed by atoms with Crippen molar-refractivity contribution in [3.8, 4) is 0 Å². The number of hydrogen-bond acceptors (Lipinski definition) is 1. The van der Waals surface area contributed by atoms with Crippen molar-refractivity contribution in [2.75, 3.05) is 6.54 Å². The third kappa shape index (κ3) is 3.64. The Morgan fingerprint density at radius 2 is 1.60 bits per heavy atom. The molecule has 0 radical (unpaired) electrons. The molecule has 1 unspecified atom stereocenters. The van der Waals surface area contributed by atoms with Crippen LogP contribution in [0.1, 0.15) is 11.1 Å². The van der Waals surface area contributed by atoms with Gasteiger partial charge >= 0.3 is 0 Å². The second kappa shape index (κ2) is 6.95. The van der Waals surface area contributed by atoms with E-state index in [1.54, 1.807) is 0 Å². The monoisotopic (exact) mass is 339 g/mol. The molecule has 0 saturated carbocycles. The minimum Gasteiger partial charge on any atom is -0.330 e. The third-order valence-corrected chi connectivity index (χ3v) is 4.13. The summed E-state index contributed by atoms with van der Waals surface area (Å²) in [5, 5.41) is 0. The lowest BCUT2D eigenvalue weighted by atomic mass is 9.92. The molecule has 2 aromatic rings. The van der Waals surface area contributed by atoms with Gasteiger partial charge in [0.1, 0.15) is 11.6 Å². The van der Waals surface area contributed by atoms with Crippen LogP contribution < -0.4 is 5.73 Å². The molecule has 0 aliphatic rings. The summed E-state index contributed by atoms with van der Waals surface area (Å²) in [5.74, 6) is -1.01. The molecule has 0 heterocycles. The first-order chi connectivity index (χ1) is 9.61. The van der Waals surface area contributed by atoms with E-state index in [1.807, 2.05) is 24.3 Å². The Balaban J connectivity index is 2.16. The maximum atomic E-state index is 13.7. The van der Waals surface area contributed by atoms with Crippen LogP contribution in [0, 0.1) is 17.6 Å². The zero-order chi connectivity index (χ0) is 14.5. The number of hydrogen-bond donors (Lipinski definition) is 1. The molecule has 2 aromatic carbocycles. The first-order valence-corrected chi connectivity index (χ1v) is 7.27. The summed E-state index contributed by atoms with van der Waals surface area (Å²) < 4.78 is 28.3. The average molecular weight is 340 g/mol. The van der Waals surface area contributed by atoms with E-state index in [2.05, 4.69) is 15.9 Å². The van der Waals surface area contributed by atoms with Crippen molar-refractivity contribution >= 4 is 15.9 Å². The van der Waals surface area contributed by atoms with E-state index in [0.29, 0.717) is 19.4 Å². The van der Waals surface area contributed by atoms with E-state index in [9.17, 15) is 8.78 Å². The zero-order valence-electron chi connectivity index (χ0n) is 11.0. The molecule has 106 valence electrons. The quantitative estimate of drug-likeness (QED) is 0.872. The molecule has 2 N–H and O–H groups in total. The van der Waals surface area contributed by atoms with Gasteiger partial charge in [-0.2, -0.15) is 0 Å². The molecule has 2 rings (SSSR count). The molecule has 4 heteroatoms. The van der Waals surface area contributed by atoms with Crippen LogP contribution in [0.2, 0.25) is 0 Å². The van der Waals surface area contributed by atoms with Crippen LogP contribution in [0.25, 0.3) is 0 Å². The van der Waals surface area contributed by atoms with Crippen molar-refractivity contribution in [2.45, 2.75) is 12.8 Å². The van der Waals surface area contributed by atoms with E-state index in [-0.39, 0.29) is 11.5 Å². The normalized spacial score (nSPS) is 12.4. The molecule has 0 bridgehead atoms. The molecule has 0 fully saturated rings. The van der Waals surface area contributed by atoms with Gasteiger partial charge in [-0.3, -0.25) is 0 Å². The predicted octanol–water partition coefficient (Wildman–Crippen LogP) is 4.09. The topological polar surface area (TPSA) is 26.0 Å². The van der Waals surface area contributed by atoms with Crippen molar-refractivity contribution in [1.82, 2.24) is 0 Å². The lowest BCUT2D eigenvalue weighted by molar-refractivity contribution is 0.485. The smallest absolute Gasteiger partial charge is 0.129 e. The van der Waals surface area contributed by atoms with Crippen molar-refractivity contribution < 1.29 is 8.78 Å². The second-order valence-corrected chi connectivity index (χ2v) is 5.66. The minimum absolute atomic E-state index is 0.0000926. The Morgan fingerprint density at radius 3 is 2.20 bits per heavy atom. The fraction of sp³-hybridized carbons (Fsp3) is 0.250. The van der Waals surface area contributed by atoms with Crippen LogP contribution in [0.4, 0.5) is 8.78 Å². The molecule has 0 amide bonds. The highest BCUT2D eigenvalue weighted by Crippen LogP contribution is 2.23. The second-order valence-electron chi connectivity index (χ2n) is 4.80. The van der Waals surface area contributed by atoms with Gasteiger partial charge in [-0.25, -0.2) is 8.78 Å². The van der Waals surface area contributed by atoms with Gasteiger partial charge < -0.3 is 5.73 Å². The molecular weight excluding hydrogens is 324 g/mol. The van der Waals surface area contributed by atoms with E-state index >= 15 is 0 Å². The van der Waals surface area contributed by atoms with Crippen LogP contribution in [0.3, 0.4) is 0 Å². The fourth-order valence-electron chi connectivity index (χ4n) is 2.23. The third-order valence-electron chi connectivity index (χ3n) is 3.35. The number of halogens is 3. The molecule has 1 atom stereocenters. The van der Waals surface area contributed by atoms with Crippen LogP contribution >= 0.6 is 15.9 Å². The highest BCUT2D eigenvalue weighted by atomic mass is 79.9. The maximum Gasteiger partial charge on any atom is 0.129 e. The number of benzene rings is 2. The molecular formula is C16H16BrF2N. The molecule has 0 aromatic heterocycles. The van der Waals surface area contributed by atoms with Crippen molar-refractivity contribution in [2.24, 2.45) is 11.7 Å². The van der Waals surface area contributed by atoms with Crippen molar-refractivity contribution in [3.63, 3.8) is 0 Å². The van der Waals surface area contributed by atoms with Crippen LogP contribution in [-0.4, -0.2) is 6.54 Å². The Labute approximate surface area is 125 Å². The average Bonchev–Trinajstić information content (AvgIpc) is 2.44. The summed E-state index contributed by atoms with van der Waals surface area (Å²) >= 11 is 3.48. The summed E-state index contributed by atoms with van der Waals surface area (Å²) in [6, 6.07) is 11.8. The van der Waals surface area contributed by atoms with Crippen LogP contribution in [0.15, 0.2) is 46.9 Å². The highest BCUT2D eigenvalue weighted by molar-refractivity contribution is 9.10. The predicted molar refractivity (Wildman–Crippen MR) is 80.5 cm³/mol. The number of nitrogens with two attached hydrogens (primary N) is 1. The first kappa shape index (κ1) is 15.1. The van der Waals surface area contributed by atoms with Gasteiger partial charge in [0.05, 0.1) is 0 Å². The van der Waals surface area contributed by atoms with Gasteiger partial charge in [0.25, 0.3) is 0 Å². The van der Waals surface area contributed by atoms with E-state index in [0.717, 1.165) is 10.0 Å². The number of rotatable bonds is 5. The van der Waals surface area contributed by atoms with Crippen LogP contribution in [-0.2, 0) is 12.8 Å². The first-order valence-electron chi connectivity index (χ1n) is 6.48. The van der Waals surface area contributed by atoms with Crippen LogP contribution in [0.5, 0.6) is 0 Å². The zero-order valence-corrected chi connectivity index (χ0v) is 12.5. The fourth-order valence-corrected chi connectivity index (χ4v) is 2.68. The summed E-state index contributed by atoms with van der Waals surface area (Å²) in [6.45, 7) is 0.384. The molecule has 1 nitrogen and oxygen atoms in total. The Hall–Kier alpha value is -1.26. The van der Waals surface area contributed by atoms with Crippen molar-refractivity contribution in [1.29, 1.82) is 0 Å². The van der Waals surface area contributed by atoms with E-state index in [4.69, 9.17) is 5.73 Å². The lowest BCUT2D eigenvalue weighted by Crippen LogP contribution is -2.20. The van der Waals surface area contributed by atoms with E-state index in [1.165, 1.54) is 18.2 Å². The minimum atomic E-state index is -0.504. The molecule has 20 heavy (non-hydrogen) atoms. The molecule has 0 aliphatic carbocycles. The van der Waals surface area contributed by atoms with Gasteiger partial charge in [0.2, 0.25) is 0 Å².